The minimum Gasteiger partial charge on any atom is -0.493 e. The van der Waals surface area contributed by atoms with Crippen LogP contribution in [0.1, 0.15) is 24.5 Å². The largest absolute Gasteiger partial charge is 0.493 e. The van der Waals surface area contributed by atoms with Crippen molar-refractivity contribution in [3.05, 3.63) is 48.1 Å². The van der Waals surface area contributed by atoms with Crippen molar-refractivity contribution < 1.29 is 23.9 Å². The van der Waals surface area contributed by atoms with Crippen molar-refractivity contribution in [2.75, 3.05) is 7.11 Å². The predicted molar refractivity (Wildman–Crippen MR) is 105 cm³/mol. The lowest BCUT2D eigenvalue weighted by molar-refractivity contribution is -0.140. The van der Waals surface area contributed by atoms with Crippen LogP contribution >= 0.6 is 0 Å². The molecule has 7 nitrogen and oxygen atoms in total. The molecule has 3 aliphatic rings. The molecule has 0 aromatic heterocycles. The summed E-state index contributed by atoms with van der Waals surface area (Å²) in [6, 6.07) is 3.41. The third-order valence-corrected chi connectivity index (χ3v) is 5.75. The van der Waals surface area contributed by atoms with Gasteiger partial charge < -0.3 is 9.47 Å². The summed E-state index contributed by atoms with van der Waals surface area (Å²) in [6.45, 7) is 5.04. The third kappa shape index (κ3) is 3.16. The molecule has 0 unspecified atom stereocenters. The molecular weight excluding hydrogens is 372 g/mol. The van der Waals surface area contributed by atoms with Crippen LogP contribution in [0.2, 0.25) is 0 Å². The minimum absolute atomic E-state index is 0.143. The maximum absolute atomic E-state index is 12.7. The number of methoxy groups -OCH3 is 1. The Balaban J connectivity index is 1.62. The first kappa shape index (κ1) is 19.1. The lowest BCUT2D eigenvalue weighted by atomic mass is 9.85. The Bertz CT molecular complexity index is 934. The molecule has 1 saturated heterocycles. The zero-order chi connectivity index (χ0) is 20.7. The third-order valence-electron chi connectivity index (χ3n) is 5.75. The number of fused-ring (bicyclic) bond motifs is 5. The van der Waals surface area contributed by atoms with Crippen LogP contribution in [0.4, 0.5) is 0 Å². The van der Waals surface area contributed by atoms with E-state index in [1.54, 1.807) is 18.2 Å². The SMILES string of the molecule is C=CCc1cc(C=NN2C(=O)[C@@H]3[C@H](C2=O)[C@H]2C=C[C@H]3C2)cc(OC)c1OC(C)=O. The average Bonchev–Trinajstić information content (AvgIpc) is 3.36. The van der Waals surface area contributed by atoms with E-state index in [4.69, 9.17) is 9.47 Å². The molecular formula is C22H22N2O5. The normalized spacial score (nSPS) is 27.0. The molecule has 29 heavy (non-hydrogen) atoms. The van der Waals surface area contributed by atoms with Crippen molar-refractivity contribution in [2.45, 2.75) is 19.8 Å². The monoisotopic (exact) mass is 394 g/mol. The smallest absolute Gasteiger partial charge is 0.308 e. The lowest BCUT2D eigenvalue weighted by Gasteiger charge is -2.14. The van der Waals surface area contributed by atoms with Crippen LogP contribution in [-0.4, -0.2) is 36.1 Å². The van der Waals surface area contributed by atoms with Crippen LogP contribution in [0.5, 0.6) is 11.5 Å². The molecule has 1 aliphatic heterocycles. The van der Waals surface area contributed by atoms with E-state index < -0.39 is 5.97 Å². The number of hydrogen-bond donors (Lipinski definition) is 0. The van der Waals surface area contributed by atoms with Gasteiger partial charge >= 0.3 is 5.97 Å². The number of ether oxygens (including phenoxy) is 2. The highest BCUT2D eigenvalue weighted by Crippen LogP contribution is 2.52. The van der Waals surface area contributed by atoms with Gasteiger partial charge in [0.1, 0.15) is 0 Å². The minimum atomic E-state index is -0.460. The summed E-state index contributed by atoms with van der Waals surface area (Å²) in [5.41, 5.74) is 1.31. The summed E-state index contributed by atoms with van der Waals surface area (Å²) >= 11 is 0. The number of amides is 2. The number of rotatable bonds is 6. The van der Waals surface area contributed by atoms with E-state index in [2.05, 4.69) is 11.7 Å². The fraction of sp³-hybridized carbons (Fsp3) is 0.364. The molecule has 1 aromatic rings. The van der Waals surface area contributed by atoms with Crippen molar-refractivity contribution in [2.24, 2.45) is 28.8 Å². The molecule has 2 bridgehead atoms. The Morgan fingerprint density at radius 2 is 1.90 bits per heavy atom. The van der Waals surface area contributed by atoms with Gasteiger partial charge in [0.15, 0.2) is 11.5 Å². The van der Waals surface area contributed by atoms with E-state index in [1.165, 1.54) is 20.2 Å². The molecule has 0 N–H and O–H groups in total. The number of carbonyl (C=O) groups excluding carboxylic acids is 3. The number of esters is 1. The first-order valence-corrected chi connectivity index (χ1v) is 9.55. The Morgan fingerprint density at radius 1 is 1.24 bits per heavy atom. The van der Waals surface area contributed by atoms with Crippen molar-refractivity contribution in [3.63, 3.8) is 0 Å². The zero-order valence-corrected chi connectivity index (χ0v) is 16.3. The number of nitrogens with zero attached hydrogens (tertiary/aromatic N) is 2. The number of benzene rings is 1. The summed E-state index contributed by atoms with van der Waals surface area (Å²) in [5, 5.41) is 5.20. The van der Waals surface area contributed by atoms with Gasteiger partial charge in [-0.3, -0.25) is 14.4 Å². The van der Waals surface area contributed by atoms with Gasteiger partial charge in [0.2, 0.25) is 0 Å². The number of carbonyl (C=O) groups is 3. The van der Waals surface area contributed by atoms with Gasteiger partial charge in [-0.2, -0.15) is 10.1 Å². The highest BCUT2D eigenvalue weighted by molar-refractivity contribution is 6.06. The van der Waals surface area contributed by atoms with E-state index in [-0.39, 0.29) is 35.5 Å². The Kier molecular flexibility index (Phi) is 4.82. The molecule has 150 valence electrons. The highest BCUT2D eigenvalue weighted by Gasteiger charge is 2.59. The molecule has 4 atom stereocenters. The van der Waals surface area contributed by atoms with Crippen LogP contribution in [0, 0.1) is 23.7 Å². The van der Waals surface area contributed by atoms with Gasteiger partial charge in [0.05, 0.1) is 25.2 Å². The molecule has 0 radical (unpaired) electrons. The number of allylic oxidation sites excluding steroid dienone is 3. The molecule has 4 rings (SSSR count). The molecule has 1 saturated carbocycles. The molecule has 0 spiro atoms. The Morgan fingerprint density at radius 3 is 2.45 bits per heavy atom. The summed E-state index contributed by atoms with van der Waals surface area (Å²) in [6.07, 6.45) is 8.55. The molecule has 1 aromatic carbocycles. The van der Waals surface area contributed by atoms with Crippen LogP contribution in [0.3, 0.4) is 0 Å². The zero-order valence-electron chi connectivity index (χ0n) is 16.3. The number of hydrazone groups is 1. The Hall–Kier alpha value is -3.22. The summed E-state index contributed by atoms with van der Waals surface area (Å²) in [7, 11) is 1.47. The highest BCUT2D eigenvalue weighted by atomic mass is 16.6. The Labute approximate surface area is 168 Å². The van der Waals surface area contributed by atoms with Crippen LogP contribution < -0.4 is 9.47 Å². The summed E-state index contributed by atoms with van der Waals surface area (Å²) in [4.78, 5) is 36.9. The van der Waals surface area contributed by atoms with Crippen molar-refractivity contribution in [1.82, 2.24) is 5.01 Å². The quantitative estimate of drug-likeness (QED) is 0.243. The second-order valence-corrected chi connectivity index (χ2v) is 7.53. The average molecular weight is 394 g/mol. The lowest BCUT2D eigenvalue weighted by Crippen LogP contribution is -2.28. The van der Waals surface area contributed by atoms with Gasteiger partial charge in [-0.15, -0.1) is 6.58 Å². The second kappa shape index (κ2) is 7.31. The van der Waals surface area contributed by atoms with Gasteiger partial charge in [0.25, 0.3) is 11.8 Å². The first-order chi connectivity index (χ1) is 13.9. The van der Waals surface area contributed by atoms with Crippen LogP contribution in [-0.2, 0) is 20.8 Å². The molecule has 2 amide bonds. The van der Waals surface area contributed by atoms with Crippen molar-refractivity contribution >= 4 is 24.0 Å². The predicted octanol–water partition coefficient (Wildman–Crippen LogP) is 2.49. The van der Waals surface area contributed by atoms with Gasteiger partial charge in [-0.05, 0) is 42.4 Å². The van der Waals surface area contributed by atoms with Crippen LogP contribution in [0.15, 0.2) is 42.0 Å². The van der Waals surface area contributed by atoms with Crippen LogP contribution in [0.25, 0.3) is 0 Å². The number of hydrogen-bond acceptors (Lipinski definition) is 6. The van der Waals surface area contributed by atoms with E-state index in [0.717, 1.165) is 11.4 Å². The fourth-order valence-electron chi connectivity index (χ4n) is 4.60. The maximum Gasteiger partial charge on any atom is 0.308 e. The second-order valence-electron chi connectivity index (χ2n) is 7.53. The number of imide groups is 1. The summed E-state index contributed by atoms with van der Waals surface area (Å²) < 4.78 is 10.6. The van der Waals surface area contributed by atoms with E-state index in [0.29, 0.717) is 29.0 Å². The van der Waals surface area contributed by atoms with Gasteiger partial charge in [-0.1, -0.05) is 18.2 Å². The fourth-order valence-corrected chi connectivity index (χ4v) is 4.60. The topological polar surface area (TPSA) is 85.3 Å². The molecule has 2 fully saturated rings. The van der Waals surface area contributed by atoms with Gasteiger partial charge in [-0.25, -0.2) is 0 Å². The molecule has 7 heteroatoms. The van der Waals surface area contributed by atoms with E-state index in [1.807, 2.05) is 12.2 Å². The molecule has 1 heterocycles. The van der Waals surface area contributed by atoms with Crippen molar-refractivity contribution in [3.8, 4) is 11.5 Å². The molecule has 2 aliphatic carbocycles. The maximum atomic E-state index is 12.7. The first-order valence-electron chi connectivity index (χ1n) is 9.55. The standard InChI is InChI=1S/C22H22N2O5/c1-4-5-16-8-13(9-17(28-3)20(16)29-12(2)25)11-23-24-21(26)18-14-6-7-15(10-14)19(18)22(24)27/h4,6-9,11,14-15,18-19H,1,5,10H2,2-3H3/t14-,15-,18-,19+/m0/s1. The van der Waals surface area contributed by atoms with E-state index >= 15 is 0 Å². The summed E-state index contributed by atoms with van der Waals surface area (Å²) in [5.74, 6) is -0.530. The van der Waals surface area contributed by atoms with E-state index in [9.17, 15) is 14.4 Å². The van der Waals surface area contributed by atoms with Gasteiger partial charge in [0, 0.05) is 12.5 Å². The van der Waals surface area contributed by atoms with Crippen molar-refractivity contribution in [1.29, 1.82) is 0 Å².